The summed E-state index contributed by atoms with van der Waals surface area (Å²) in [4.78, 5) is 0. The van der Waals surface area contributed by atoms with Gasteiger partial charge in [-0.25, -0.2) is 4.39 Å². The molecule has 4 rings (SSSR count). The third kappa shape index (κ3) is 7.28. The van der Waals surface area contributed by atoms with Crippen LogP contribution < -0.4 is 0 Å². The van der Waals surface area contributed by atoms with Gasteiger partial charge < -0.3 is 0 Å². The molecule has 0 aliphatic heterocycles. The molecule has 1 atom stereocenters. The number of rotatable bonds is 9. The molecular weight excluding hydrogens is 427 g/mol. The van der Waals surface area contributed by atoms with Gasteiger partial charge in [-0.15, -0.1) is 0 Å². The van der Waals surface area contributed by atoms with E-state index in [1.165, 1.54) is 55.2 Å². The topological polar surface area (TPSA) is 0 Å². The van der Waals surface area contributed by atoms with Gasteiger partial charge in [0.2, 0.25) is 0 Å². The SMILES string of the molecule is CC=CCCC1CCC(c2ccc(C=Cc3ccc(C[C@@H](C)c4ccccc4)cc3)c(F)c2)CC1. The van der Waals surface area contributed by atoms with E-state index in [4.69, 9.17) is 0 Å². The second kappa shape index (κ2) is 12.7. The fraction of sp³-hybridized carbons (Fsp3) is 0.353. The van der Waals surface area contributed by atoms with Crippen LogP contribution in [0.3, 0.4) is 0 Å². The van der Waals surface area contributed by atoms with E-state index < -0.39 is 0 Å². The van der Waals surface area contributed by atoms with Gasteiger partial charge in [-0.3, -0.25) is 0 Å². The minimum atomic E-state index is -0.109. The summed E-state index contributed by atoms with van der Waals surface area (Å²) < 4.78 is 14.9. The van der Waals surface area contributed by atoms with Crippen molar-refractivity contribution in [1.82, 2.24) is 0 Å². The lowest BCUT2D eigenvalue weighted by Gasteiger charge is -2.28. The average Bonchev–Trinajstić information content (AvgIpc) is 2.90. The van der Waals surface area contributed by atoms with Gasteiger partial charge in [-0.2, -0.15) is 0 Å². The third-order valence-corrected chi connectivity index (χ3v) is 7.67. The van der Waals surface area contributed by atoms with Crippen LogP contribution in [0, 0.1) is 11.7 Å². The second-order valence-corrected chi connectivity index (χ2v) is 10.2. The molecule has 35 heavy (non-hydrogen) atoms. The normalized spacial score (nSPS) is 19.4. The molecule has 1 fully saturated rings. The van der Waals surface area contributed by atoms with Crippen molar-refractivity contribution in [1.29, 1.82) is 0 Å². The van der Waals surface area contributed by atoms with Gasteiger partial charge in [0.1, 0.15) is 5.82 Å². The monoisotopic (exact) mass is 466 g/mol. The van der Waals surface area contributed by atoms with E-state index in [9.17, 15) is 4.39 Å². The van der Waals surface area contributed by atoms with E-state index in [0.29, 0.717) is 17.4 Å². The minimum absolute atomic E-state index is 0.109. The van der Waals surface area contributed by atoms with Crippen molar-refractivity contribution in [3.05, 3.63) is 119 Å². The maximum atomic E-state index is 14.9. The summed E-state index contributed by atoms with van der Waals surface area (Å²) in [5, 5.41) is 0. The van der Waals surface area contributed by atoms with Crippen molar-refractivity contribution in [2.24, 2.45) is 5.92 Å². The Balaban J connectivity index is 1.31. The molecule has 1 heteroatoms. The van der Waals surface area contributed by atoms with Crippen molar-refractivity contribution in [3.8, 4) is 0 Å². The number of hydrogen-bond donors (Lipinski definition) is 0. The fourth-order valence-corrected chi connectivity index (χ4v) is 5.42. The van der Waals surface area contributed by atoms with Crippen molar-refractivity contribution in [2.75, 3.05) is 0 Å². The van der Waals surface area contributed by atoms with Crippen molar-refractivity contribution < 1.29 is 4.39 Å². The molecule has 182 valence electrons. The third-order valence-electron chi connectivity index (χ3n) is 7.67. The standard InChI is InChI=1S/C34H39F/c1-3-4-6-9-27-16-19-31(20-17-27)33-23-22-32(34(35)25-33)21-18-28-12-14-29(15-13-28)24-26(2)30-10-7-5-8-11-30/h3-5,7-8,10-15,18,21-23,25-27,31H,6,9,16-17,19-20,24H2,1-2H3/t26-,27?,31?/m1/s1. The Morgan fingerprint density at radius 2 is 1.63 bits per heavy atom. The van der Waals surface area contributed by atoms with E-state index in [1.807, 2.05) is 18.2 Å². The molecule has 0 spiro atoms. The molecule has 0 aromatic heterocycles. The summed E-state index contributed by atoms with van der Waals surface area (Å²) in [7, 11) is 0. The van der Waals surface area contributed by atoms with E-state index >= 15 is 0 Å². The summed E-state index contributed by atoms with van der Waals surface area (Å²) in [6.07, 6.45) is 16.7. The molecule has 1 saturated carbocycles. The Kier molecular flexibility index (Phi) is 9.12. The summed E-state index contributed by atoms with van der Waals surface area (Å²) in [6, 6.07) is 25.2. The molecular formula is C34H39F. The zero-order chi connectivity index (χ0) is 24.5. The summed E-state index contributed by atoms with van der Waals surface area (Å²) in [5.74, 6) is 1.72. The zero-order valence-corrected chi connectivity index (χ0v) is 21.3. The number of benzene rings is 3. The molecule has 0 unspecified atom stereocenters. The first kappa shape index (κ1) is 25.2. The highest BCUT2D eigenvalue weighted by Crippen LogP contribution is 2.38. The highest BCUT2D eigenvalue weighted by atomic mass is 19.1. The molecule has 0 bridgehead atoms. The first-order valence-corrected chi connectivity index (χ1v) is 13.3. The molecule has 0 saturated heterocycles. The number of halogens is 1. The Morgan fingerprint density at radius 3 is 2.31 bits per heavy atom. The Morgan fingerprint density at radius 1 is 0.886 bits per heavy atom. The first-order chi connectivity index (χ1) is 17.1. The molecule has 1 aliphatic carbocycles. The Bertz CT molecular complexity index is 1100. The summed E-state index contributed by atoms with van der Waals surface area (Å²) in [6.45, 7) is 4.36. The van der Waals surface area contributed by atoms with Crippen LogP contribution in [0.25, 0.3) is 12.2 Å². The number of allylic oxidation sites excluding steroid dienone is 2. The maximum absolute atomic E-state index is 14.9. The van der Waals surface area contributed by atoms with Crippen molar-refractivity contribution >= 4 is 12.2 Å². The maximum Gasteiger partial charge on any atom is 0.130 e. The lowest BCUT2D eigenvalue weighted by Crippen LogP contribution is -2.13. The molecule has 0 radical (unpaired) electrons. The molecule has 0 N–H and O–H groups in total. The smallest absolute Gasteiger partial charge is 0.130 e. The van der Waals surface area contributed by atoms with Gasteiger partial charge in [0.05, 0.1) is 0 Å². The van der Waals surface area contributed by atoms with Crippen LogP contribution in [-0.2, 0) is 6.42 Å². The molecule has 3 aromatic rings. The van der Waals surface area contributed by atoms with Crippen molar-refractivity contribution in [3.63, 3.8) is 0 Å². The highest BCUT2D eigenvalue weighted by molar-refractivity contribution is 5.70. The van der Waals surface area contributed by atoms with Crippen LogP contribution in [0.4, 0.5) is 4.39 Å². The van der Waals surface area contributed by atoms with Gasteiger partial charge in [-0.05, 0) is 97.9 Å². The molecule has 0 amide bonds. The van der Waals surface area contributed by atoms with E-state index in [0.717, 1.165) is 17.9 Å². The largest absolute Gasteiger partial charge is 0.206 e. The van der Waals surface area contributed by atoms with E-state index in [2.05, 4.69) is 86.7 Å². The van der Waals surface area contributed by atoms with Crippen LogP contribution in [0.5, 0.6) is 0 Å². The van der Waals surface area contributed by atoms with Crippen LogP contribution >= 0.6 is 0 Å². The van der Waals surface area contributed by atoms with Crippen LogP contribution in [0.15, 0.2) is 84.9 Å². The summed E-state index contributed by atoms with van der Waals surface area (Å²) >= 11 is 0. The number of hydrogen-bond acceptors (Lipinski definition) is 0. The quantitative estimate of drug-likeness (QED) is 0.217. The van der Waals surface area contributed by atoms with E-state index in [-0.39, 0.29) is 5.82 Å². The van der Waals surface area contributed by atoms with Gasteiger partial charge in [0, 0.05) is 5.56 Å². The van der Waals surface area contributed by atoms with Crippen molar-refractivity contribution in [2.45, 2.75) is 70.6 Å². The predicted octanol–water partition coefficient (Wildman–Crippen LogP) is 9.97. The van der Waals surface area contributed by atoms with Gasteiger partial charge >= 0.3 is 0 Å². The van der Waals surface area contributed by atoms with Gasteiger partial charge in [0.15, 0.2) is 0 Å². The predicted molar refractivity (Wildman–Crippen MR) is 149 cm³/mol. The highest BCUT2D eigenvalue weighted by Gasteiger charge is 2.22. The first-order valence-electron chi connectivity index (χ1n) is 13.3. The van der Waals surface area contributed by atoms with Crippen LogP contribution in [0.2, 0.25) is 0 Å². The van der Waals surface area contributed by atoms with E-state index in [1.54, 1.807) is 6.07 Å². The van der Waals surface area contributed by atoms with Gasteiger partial charge in [0.25, 0.3) is 0 Å². The average molecular weight is 467 g/mol. The Hall–Kier alpha value is -2.93. The molecule has 0 heterocycles. The Labute approximate surface area is 211 Å². The zero-order valence-electron chi connectivity index (χ0n) is 21.3. The minimum Gasteiger partial charge on any atom is -0.206 e. The molecule has 1 aliphatic rings. The molecule has 3 aromatic carbocycles. The van der Waals surface area contributed by atoms with Crippen LogP contribution in [-0.4, -0.2) is 0 Å². The lowest BCUT2D eigenvalue weighted by molar-refractivity contribution is 0.311. The fourth-order valence-electron chi connectivity index (χ4n) is 5.42. The second-order valence-electron chi connectivity index (χ2n) is 10.2. The summed E-state index contributed by atoms with van der Waals surface area (Å²) in [5.41, 5.74) is 5.62. The molecule has 0 nitrogen and oxygen atoms in total. The lowest BCUT2D eigenvalue weighted by atomic mass is 9.77. The van der Waals surface area contributed by atoms with Crippen LogP contribution in [0.1, 0.15) is 92.0 Å². The van der Waals surface area contributed by atoms with Gasteiger partial charge in [-0.1, -0.05) is 98.0 Å².